The maximum atomic E-state index is 14.0. The van der Waals surface area contributed by atoms with Crippen LogP contribution in [0, 0.1) is 12.7 Å². The fraction of sp³-hybridized carbons (Fsp3) is 0.0588. The van der Waals surface area contributed by atoms with Gasteiger partial charge >= 0.3 is 0 Å². The summed E-state index contributed by atoms with van der Waals surface area (Å²) in [5, 5.41) is 2.04. The molecule has 0 aromatic heterocycles. The molecule has 0 spiro atoms. The van der Waals surface area contributed by atoms with E-state index in [0.717, 1.165) is 21.9 Å². The van der Waals surface area contributed by atoms with E-state index in [4.69, 9.17) is 0 Å². The molecule has 0 fully saturated rings. The Morgan fingerprint density at radius 3 is 2.28 bits per heavy atom. The Balaban J connectivity index is 2.43. The van der Waals surface area contributed by atoms with Crippen LogP contribution in [-0.2, 0) is 0 Å². The van der Waals surface area contributed by atoms with Crippen LogP contribution in [-0.4, -0.2) is 0 Å². The van der Waals surface area contributed by atoms with Gasteiger partial charge in [-0.15, -0.1) is 0 Å². The Labute approximate surface area is 106 Å². The molecule has 0 saturated heterocycles. The summed E-state index contributed by atoms with van der Waals surface area (Å²) < 4.78 is 14.0. The first-order chi connectivity index (χ1) is 8.77. The second-order valence-corrected chi connectivity index (χ2v) is 4.45. The Hall–Kier alpha value is -2.15. The van der Waals surface area contributed by atoms with Crippen LogP contribution in [0.1, 0.15) is 5.56 Å². The van der Waals surface area contributed by atoms with Gasteiger partial charge in [-0.2, -0.15) is 0 Å². The molecule has 0 unspecified atom stereocenters. The van der Waals surface area contributed by atoms with Crippen LogP contribution < -0.4 is 0 Å². The topological polar surface area (TPSA) is 0 Å². The number of hydrogen-bond acceptors (Lipinski definition) is 0. The van der Waals surface area contributed by atoms with Crippen LogP contribution in [0.5, 0.6) is 0 Å². The molecule has 0 atom stereocenters. The molecule has 0 aliphatic rings. The smallest absolute Gasteiger partial charge is 0.127 e. The van der Waals surface area contributed by atoms with E-state index >= 15 is 0 Å². The van der Waals surface area contributed by atoms with Crippen molar-refractivity contribution in [3.05, 3.63) is 72.0 Å². The summed E-state index contributed by atoms with van der Waals surface area (Å²) >= 11 is 0. The predicted octanol–water partition coefficient (Wildman–Crippen LogP) is 4.95. The van der Waals surface area contributed by atoms with Crippen molar-refractivity contribution in [2.75, 3.05) is 0 Å². The quantitative estimate of drug-likeness (QED) is 0.560. The molecule has 0 aliphatic carbocycles. The van der Waals surface area contributed by atoms with E-state index in [1.807, 2.05) is 61.5 Å². The zero-order chi connectivity index (χ0) is 12.5. The van der Waals surface area contributed by atoms with Gasteiger partial charge in [0.2, 0.25) is 0 Å². The van der Waals surface area contributed by atoms with Gasteiger partial charge in [-0.1, -0.05) is 54.6 Å². The third-order valence-electron chi connectivity index (χ3n) is 3.31. The lowest BCUT2D eigenvalue weighted by atomic mass is 9.93. The van der Waals surface area contributed by atoms with Gasteiger partial charge in [-0.25, -0.2) is 4.39 Å². The van der Waals surface area contributed by atoms with Gasteiger partial charge in [0.15, 0.2) is 0 Å². The average Bonchev–Trinajstić information content (AvgIpc) is 2.41. The summed E-state index contributed by atoms with van der Waals surface area (Å²) in [5.74, 6) is -0.146. The Morgan fingerprint density at radius 1 is 0.833 bits per heavy atom. The van der Waals surface area contributed by atoms with Crippen LogP contribution in [0.15, 0.2) is 60.7 Å². The van der Waals surface area contributed by atoms with Crippen LogP contribution in [0.3, 0.4) is 0 Å². The summed E-state index contributed by atoms with van der Waals surface area (Å²) in [7, 11) is 0. The van der Waals surface area contributed by atoms with Crippen LogP contribution in [0.4, 0.5) is 4.39 Å². The molecule has 0 aliphatic heterocycles. The van der Waals surface area contributed by atoms with E-state index in [2.05, 4.69) is 0 Å². The van der Waals surface area contributed by atoms with Crippen molar-refractivity contribution < 1.29 is 4.39 Å². The molecular weight excluding hydrogens is 223 g/mol. The van der Waals surface area contributed by atoms with Crippen molar-refractivity contribution in [3.63, 3.8) is 0 Å². The van der Waals surface area contributed by atoms with Crippen molar-refractivity contribution in [1.82, 2.24) is 0 Å². The molecule has 18 heavy (non-hydrogen) atoms. The molecule has 1 heteroatoms. The number of fused-ring (bicyclic) bond motifs is 1. The van der Waals surface area contributed by atoms with Gasteiger partial charge in [-0.3, -0.25) is 0 Å². The average molecular weight is 236 g/mol. The largest absolute Gasteiger partial charge is 0.207 e. The lowest BCUT2D eigenvalue weighted by Gasteiger charge is -2.11. The fourth-order valence-corrected chi connectivity index (χ4v) is 2.39. The standard InChI is InChI=1S/C17H13F/c1-12-16(18)11-14-9-5-6-10-15(14)17(12)13-7-3-2-4-8-13/h2-11H,1H3. The minimum Gasteiger partial charge on any atom is -0.207 e. The molecule has 0 saturated carbocycles. The van der Waals surface area contributed by atoms with Crippen LogP contribution in [0.2, 0.25) is 0 Å². The van der Waals surface area contributed by atoms with Crippen LogP contribution >= 0.6 is 0 Å². The molecule has 0 bridgehead atoms. The highest BCUT2D eigenvalue weighted by Crippen LogP contribution is 2.33. The molecule has 0 amide bonds. The van der Waals surface area contributed by atoms with Crippen LogP contribution in [0.25, 0.3) is 21.9 Å². The molecule has 3 aromatic carbocycles. The molecule has 88 valence electrons. The zero-order valence-electron chi connectivity index (χ0n) is 10.2. The second-order valence-electron chi connectivity index (χ2n) is 4.45. The van der Waals surface area contributed by atoms with Gasteiger partial charge < -0.3 is 0 Å². The number of halogens is 1. The molecule has 0 radical (unpaired) electrons. The maximum Gasteiger partial charge on any atom is 0.127 e. The lowest BCUT2D eigenvalue weighted by Crippen LogP contribution is -1.90. The van der Waals surface area contributed by atoms with Crippen molar-refractivity contribution in [3.8, 4) is 11.1 Å². The summed E-state index contributed by atoms with van der Waals surface area (Å²) in [6, 6.07) is 19.5. The van der Waals surface area contributed by atoms with Gasteiger partial charge in [0.1, 0.15) is 5.82 Å². The molecule has 3 aromatic rings. The number of rotatable bonds is 1. The first-order valence-corrected chi connectivity index (χ1v) is 6.00. The lowest BCUT2D eigenvalue weighted by molar-refractivity contribution is 0.621. The van der Waals surface area contributed by atoms with Crippen molar-refractivity contribution in [2.24, 2.45) is 0 Å². The summed E-state index contributed by atoms with van der Waals surface area (Å²) in [6.07, 6.45) is 0. The van der Waals surface area contributed by atoms with Gasteiger partial charge in [0.25, 0.3) is 0 Å². The third-order valence-corrected chi connectivity index (χ3v) is 3.31. The highest BCUT2D eigenvalue weighted by atomic mass is 19.1. The van der Waals surface area contributed by atoms with E-state index in [-0.39, 0.29) is 5.82 Å². The number of hydrogen-bond donors (Lipinski definition) is 0. The monoisotopic (exact) mass is 236 g/mol. The highest BCUT2D eigenvalue weighted by molar-refractivity contribution is 5.98. The van der Waals surface area contributed by atoms with E-state index < -0.39 is 0 Å². The van der Waals surface area contributed by atoms with Gasteiger partial charge in [0.05, 0.1) is 0 Å². The fourth-order valence-electron chi connectivity index (χ4n) is 2.39. The van der Waals surface area contributed by atoms with Crippen molar-refractivity contribution in [2.45, 2.75) is 6.92 Å². The summed E-state index contributed by atoms with van der Waals surface area (Å²) in [5.41, 5.74) is 2.76. The predicted molar refractivity (Wildman–Crippen MR) is 74.1 cm³/mol. The number of benzene rings is 3. The van der Waals surface area contributed by atoms with E-state index in [0.29, 0.717) is 5.56 Å². The van der Waals surface area contributed by atoms with E-state index in [1.54, 1.807) is 6.07 Å². The Bertz CT molecular complexity index is 699. The van der Waals surface area contributed by atoms with Gasteiger partial charge in [-0.05, 0) is 40.5 Å². The SMILES string of the molecule is Cc1c(F)cc2ccccc2c1-c1ccccc1. The molecular formula is C17H13F. The molecule has 0 heterocycles. The maximum absolute atomic E-state index is 14.0. The second kappa shape index (κ2) is 4.26. The van der Waals surface area contributed by atoms with E-state index in [1.165, 1.54) is 0 Å². The molecule has 3 rings (SSSR count). The van der Waals surface area contributed by atoms with Crippen molar-refractivity contribution >= 4 is 10.8 Å². The zero-order valence-corrected chi connectivity index (χ0v) is 10.2. The Morgan fingerprint density at radius 2 is 1.50 bits per heavy atom. The van der Waals surface area contributed by atoms with Gasteiger partial charge in [0, 0.05) is 0 Å². The Kier molecular flexibility index (Phi) is 2.60. The summed E-state index contributed by atoms with van der Waals surface area (Å²) in [4.78, 5) is 0. The first kappa shape index (κ1) is 11.0. The summed E-state index contributed by atoms with van der Waals surface area (Å²) in [6.45, 7) is 1.84. The minimum atomic E-state index is -0.146. The van der Waals surface area contributed by atoms with Crippen molar-refractivity contribution in [1.29, 1.82) is 0 Å². The molecule has 0 N–H and O–H groups in total. The molecule has 0 nitrogen and oxygen atoms in total. The van der Waals surface area contributed by atoms with E-state index in [9.17, 15) is 4.39 Å². The highest BCUT2D eigenvalue weighted by Gasteiger charge is 2.11. The first-order valence-electron chi connectivity index (χ1n) is 6.00. The normalized spacial score (nSPS) is 10.8. The minimum absolute atomic E-state index is 0.146. The third kappa shape index (κ3) is 1.68.